The van der Waals surface area contributed by atoms with Crippen LogP contribution in [-0.2, 0) is 4.74 Å². The molecular weight excluding hydrogens is 402 g/mol. The third-order valence-corrected chi connectivity index (χ3v) is 4.84. The summed E-state index contributed by atoms with van der Waals surface area (Å²) >= 11 is 5.84. The molecule has 0 aliphatic heterocycles. The van der Waals surface area contributed by atoms with E-state index in [4.69, 9.17) is 16.3 Å². The van der Waals surface area contributed by atoms with Crippen molar-refractivity contribution < 1.29 is 14.3 Å². The average molecular weight is 424 g/mol. The highest BCUT2D eigenvalue weighted by atomic mass is 35.5. The summed E-state index contributed by atoms with van der Waals surface area (Å²) in [7, 11) is 0. The molecule has 0 bridgehead atoms. The number of nitrogens with zero attached hydrogens (tertiary/aromatic N) is 2. The Bertz CT molecular complexity index is 1080. The number of nitrogens with one attached hydrogen (secondary N) is 1. The van der Waals surface area contributed by atoms with Gasteiger partial charge in [0.05, 0.1) is 18.4 Å². The maximum absolute atomic E-state index is 12.1. The first kappa shape index (κ1) is 21.3. The van der Waals surface area contributed by atoms with Crippen LogP contribution >= 0.6 is 11.6 Å². The van der Waals surface area contributed by atoms with Crippen molar-refractivity contribution in [2.75, 3.05) is 6.61 Å². The van der Waals surface area contributed by atoms with Crippen LogP contribution in [0.25, 0.3) is 5.69 Å². The second kappa shape index (κ2) is 9.41. The van der Waals surface area contributed by atoms with E-state index in [1.54, 1.807) is 49.5 Å². The Morgan fingerprint density at radius 2 is 1.70 bits per heavy atom. The van der Waals surface area contributed by atoms with E-state index in [2.05, 4.69) is 15.1 Å². The van der Waals surface area contributed by atoms with Crippen molar-refractivity contribution in [1.29, 1.82) is 0 Å². The van der Waals surface area contributed by atoms with Gasteiger partial charge in [-0.15, -0.1) is 0 Å². The number of hydrogen-bond acceptors (Lipinski definition) is 4. The number of aromatic nitrogens is 1. The first-order chi connectivity index (χ1) is 14.4. The Morgan fingerprint density at radius 3 is 2.33 bits per heavy atom. The molecule has 1 N–H and O–H groups in total. The quantitative estimate of drug-likeness (QED) is 0.355. The third-order valence-electron chi connectivity index (χ3n) is 4.58. The molecule has 0 aliphatic carbocycles. The number of amides is 1. The highest BCUT2D eigenvalue weighted by molar-refractivity contribution is 6.30. The lowest BCUT2D eigenvalue weighted by molar-refractivity contribution is 0.0526. The molecule has 0 atom stereocenters. The molecule has 3 rings (SSSR count). The Labute approximate surface area is 180 Å². The van der Waals surface area contributed by atoms with Gasteiger partial charge in [0, 0.05) is 33.2 Å². The smallest absolute Gasteiger partial charge is 0.338 e. The van der Waals surface area contributed by atoms with E-state index >= 15 is 0 Å². The monoisotopic (exact) mass is 423 g/mol. The average Bonchev–Trinajstić information content (AvgIpc) is 3.02. The highest BCUT2D eigenvalue weighted by Crippen LogP contribution is 2.20. The molecule has 1 heterocycles. The second-order valence-corrected chi connectivity index (χ2v) is 7.07. The van der Waals surface area contributed by atoms with Crippen molar-refractivity contribution in [3.63, 3.8) is 0 Å². The molecule has 2 aromatic carbocycles. The zero-order chi connectivity index (χ0) is 21.7. The van der Waals surface area contributed by atoms with E-state index in [-0.39, 0.29) is 11.9 Å². The number of halogens is 1. The van der Waals surface area contributed by atoms with Crippen molar-refractivity contribution in [3.05, 3.63) is 87.7 Å². The van der Waals surface area contributed by atoms with Crippen LogP contribution < -0.4 is 5.43 Å². The van der Waals surface area contributed by atoms with Gasteiger partial charge in [-0.3, -0.25) is 4.79 Å². The first-order valence-electron chi connectivity index (χ1n) is 9.46. The van der Waals surface area contributed by atoms with Crippen molar-refractivity contribution in [2.45, 2.75) is 20.8 Å². The number of carbonyl (C=O) groups excluding carboxylic acids is 2. The molecule has 0 fully saturated rings. The zero-order valence-electron chi connectivity index (χ0n) is 17.0. The predicted octanol–water partition coefficient (Wildman–Crippen LogP) is 4.69. The standard InChI is InChI=1S/C23H22ClN3O3/c1-4-30-23(29)18-7-11-21(12-8-18)27-15(2)13-19(16(27)3)14-25-26-22(28)17-5-9-20(24)10-6-17/h5-14H,4H2,1-3H3,(H,26,28)/b25-14-. The van der Waals surface area contributed by atoms with Gasteiger partial charge >= 0.3 is 5.97 Å². The van der Waals surface area contributed by atoms with Gasteiger partial charge in [-0.2, -0.15) is 5.10 Å². The number of carbonyl (C=O) groups is 2. The van der Waals surface area contributed by atoms with E-state index in [1.807, 2.05) is 32.0 Å². The molecule has 0 unspecified atom stereocenters. The zero-order valence-corrected chi connectivity index (χ0v) is 17.7. The fourth-order valence-corrected chi connectivity index (χ4v) is 3.23. The largest absolute Gasteiger partial charge is 0.462 e. The Kier molecular flexibility index (Phi) is 6.69. The summed E-state index contributed by atoms with van der Waals surface area (Å²) in [6.07, 6.45) is 1.61. The lowest BCUT2D eigenvalue weighted by Gasteiger charge is -2.10. The first-order valence-corrected chi connectivity index (χ1v) is 9.84. The summed E-state index contributed by atoms with van der Waals surface area (Å²) < 4.78 is 7.08. The van der Waals surface area contributed by atoms with Gasteiger partial charge in [0.2, 0.25) is 0 Å². The summed E-state index contributed by atoms with van der Waals surface area (Å²) in [5.41, 5.74) is 7.26. The molecule has 0 aliphatic rings. The van der Waals surface area contributed by atoms with Crippen molar-refractivity contribution in [3.8, 4) is 5.69 Å². The number of benzene rings is 2. The van der Waals surface area contributed by atoms with Crippen LogP contribution in [0.1, 0.15) is 44.6 Å². The van der Waals surface area contributed by atoms with Gasteiger partial charge in [0.15, 0.2) is 0 Å². The normalized spacial score (nSPS) is 10.9. The van der Waals surface area contributed by atoms with Gasteiger partial charge in [0.25, 0.3) is 5.91 Å². The molecule has 0 spiro atoms. The second-order valence-electron chi connectivity index (χ2n) is 6.64. The van der Waals surface area contributed by atoms with Gasteiger partial charge in [-0.1, -0.05) is 11.6 Å². The van der Waals surface area contributed by atoms with Crippen LogP contribution in [0.2, 0.25) is 5.02 Å². The molecule has 154 valence electrons. The van der Waals surface area contributed by atoms with Gasteiger partial charge in [-0.05, 0) is 75.4 Å². The minimum Gasteiger partial charge on any atom is -0.462 e. The minimum atomic E-state index is -0.339. The maximum Gasteiger partial charge on any atom is 0.338 e. The van der Waals surface area contributed by atoms with E-state index in [1.165, 1.54) is 0 Å². The summed E-state index contributed by atoms with van der Waals surface area (Å²) in [5, 5.41) is 4.64. The molecule has 7 heteroatoms. The summed E-state index contributed by atoms with van der Waals surface area (Å²) in [5.74, 6) is -0.652. The van der Waals surface area contributed by atoms with E-state index in [0.29, 0.717) is 22.8 Å². The number of rotatable bonds is 6. The van der Waals surface area contributed by atoms with Crippen molar-refractivity contribution in [2.24, 2.45) is 5.10 Å². The Balaban J connectivity index is 1.75. The fourth-order valence-electron chi connectivity index (χ4n) is 3.10. The van der Waals surface area contributed by atoms with Crippen LogP contribution in [0.15, 0.2) is 59.7 Å². The number of aryl methyl sites for hydroxylation is 1. The van der Waals surface area contributed by atoms with E-state index < -0.39 is 0 Å². The molecule has 1 amide bonds. The highest BCUT2D eigenvalue weighted by Gasteiger charge is 2.11. The van der Waals surface area contributed by atoms with E-state index in [0.717, 1.165) is 22.6 Å². The predicted molar refractivity (Wildman–Crippen MR) is 118 cm³/mol. The van der Waals surface area contributed by atoms with Crippen LogP contribution in [0.3, 0.4) is 0 Å². The molecular formula is C23H22ClN3O3. The van der Waals surface area contributed by atoms with Crippen LogP contribution in [0.5, 0.6) is 0 Å². The molecule has 3 aromatic rings. The Hall–Kier alpha value is -3.38. The minimum absolute atomic E-state index is 0.314. The summed E-state index contributed by atoms with van der Waals surface area (Å²) in [4.78, 5) is 24.0. The molecule has 0 radical (unpaired) electrons. The molecule has 0 saturated carbocycles. The number of esters is 1. The SMILES string of the molecule is CCOC(=O)c1ccc(-n2c(C)cc(/C=N\NC(=O)c3ccc(Cl)cc3)c2C)cc1. The number of hydrogen-bond donors (Lipinski definition) is 1. The summed E-state index contributed by atoms with van der Waals surface area (Å²) in [6.45, 7) is 6.07. The summed E-state index contributed by atoms with van der Waals surface area (Å²) in [6, 6.07) is 15.8. The Morgan fingerprint density at radius 1 is 1.07 bits per heavy atom. The number of hydrazone groups is 1. The van der Waals surface area contributed by atoms with Crippen molar-refractivity contribution >= 4 is 29.7 Å². The lowest BCUT2D eigenvalue weighted by Crippen LogP contribution is -2.17. The lowest BCUT2D eigenvalue weighted by atomic mass is 10.2. The molecule has 6 nitrogen and oxygen atoms in total. The maximum atomic E-state index is 12.1. The van der Waals surface area contributed by atoms with Crippen LogP contribution in [-0.4, -0.2) is 29.3 Å². The topological polar surface area (TPSA) is 72.7 Å². The van der Waals surface area contributed by atoms with Gasteiger partial charge in [0.1, 0.15) is 0 Å². The van der Waals surface area contributed by atoms with Crippen LogP contribution in [0, 0.1) is 13.8 Å². The number of ether oxygens (including phenoxy) is 1. The third kappa shape index (κ3) is 4.78. The molecule has 1 aromatic heterocycles. The van der Waals surface area contributed by atoms with Gasteiger partial charge < -0.3 is 9.30 Å². The molecule has 30 heavy (non-hydrogen) atoms. The van der Waals surface area contributed by atoms with E-state index in [9.17, 15) is 9.59 Å². The molecule has 0 saturated heterocycles. The van der Waals surface area contributed by atoms with Crippen LogP contribution in [0.4, 0.5) is 0 Å². The fraction of sp³-hybridized carbons (Fsp3) is 0.174. The van der Waals surface area contributed by atoms with Crippen molar-refractivity contribution in [1.82, 2.24) is 9.99 Å². The van der Waals surface area contributed by atoms with Gasteiger partial charge in [-0.25, -0.2) is 10.2 Å².